The van der Waals surface area contributed by atoms with Crippen molar-refractivity contribution in [2.45, 2.75) is 19.4 Å². The van der Waals surface area contributed by atoms with Crippen LogP contribution in [0.4, 0.5) is 4.39 Å². The van der Waals surface area contributed by atoms with Crippen LogP contribution in [0.5, 0.6) is 0 Å². The van der Waals surface area contributed by atoms with Gasteiger partial charge in [0.25, 0.3) is 0 Å². The maximum atomic E-state index is 13.8. The Morgan fingerprint density at radius 3 is 2.65 bits per heavy atom. The van der Waals surface area contributed by atoms with Crippen molar-refractivity contribution in [3.8, 4) is 11.3 Å². The highest BCUT2D eigenvalue weighted by Crippen LogP contribution is 2.23. The Morgan fingerprint density at radius 2 is 1.92 bits per heavy atom. The van der Waals surface area contributed by atoms with Crippen molar-refractivity contribution in [2.24, 2.45) is 0 Å². The summed E-state index contributed by atoms with van der Waals surface area (Å²) in [4.78, 5) is 18.1. The molecule has 0 fully saturated rings. The number of oxazole rings is 1. The van der Waals surface area contributed by atoms with Gasteiger partial charge in [0.1, 0.15) is 5.82 Å². The normalized spacial score (nSPS) is 10.7. The molecule has 3 rings (SSSR count). The Bertz CT molecular complexity index is 893. The van der Waals surface area contributed by atoms with E-state index in [0.29, 0.717) is 35.2 Å². The molecule has 0 aliphatic heterocycles. The molecule has 1 amide bonds. The molecule has 0 spiro atoms. The standard InChI is InChI=1S/C20H18ClFN2O2/c1-24(13-14-6-8-15(21)9-7-14)20(25)11-10-19-23-12-18(26-19)16-4-2-3-5-17(16)22/h2-9,12H,10-11,13H2,1H3. The van der Waals surface area contributed by atoms with E-state index in [1.54, 1.807) is 42.3 Å². The van der Waals surface area contributed by atoms with Crippen LogP contribution < -0.4 is 0 Å². The summed E-state index contributed by atoms with van der Waals surface area (Å²) in [6, 6.07) is 13.7. The number of carbonyl (C=O) groups is 1. The minimum Gasteiger partial charge on any atom is -0.441 e. The van der Waals surface area contributed by atoms with Gasteiger partial charge in [0.15, 0.2) is 11.7 Å². The first-order valence-electron chi connectivity index (χ1n) is 8.21. The number of amides is 1. The zero-order valence-corrected chi connectivity index (χ0v) is 15.0. The Hall–Kier alpha value is -2.66. The Labute approximate surface area is 156 Å². The van der Waals surface area contributed by atoms with Crippen LogP contribution in [0.3, 0.4) is 0 Å². The molecule has 0 atom stereocenters. The maximum Gasteiger partial charge on any atom is 0.223 e. The molecule has 4 nitrogen and oxygen atoms in total. The molecule has 2 aromatic carbocycles. The minimum absolute atomic E-state index is 0.0226. The molecule has 1 heterocycles. The van der Waals surface area contributed by atoms with Crippen LogP contribution in [0.1, 0.15) is 17.9 Å². The smallest absolute Gasteiger partial charge is 0.223 e. The first-order chi connectivity index (χ1) is 12.5. The molecular formula is C20H18ClFN2O2. The number of rotatable bonds is 6. The number of carbonyl (C=O) groups excluding carboxylic acids is 1. The van der Waals surface area contributed by atoms with E-state index in [1.165, 1.54) is 12.3 Å². The summed E-state index contributed by atoms with van der Waals surface area (Å²) in [6.45, 7) is 0.502. The highest BCUT2D eigenvalue weighted by Gasteiger charge is 2.14. The van der Waals surface area contributed by atoms with Crippen LogP contribution in [0.15, 0.2) is 59.1 Å². The van der Waals surface area contributed by atoms with Gasteiger partial charge < -0.3 is 9.32 Å². The van der Waals surface area contributed by atoms with Crippen molar-refractivity contribution in [3.05, 3.63) is 77.0 Å². The highest BCUT2D eigenvalue weighted by molar-refractivity contribution is 6.30. The minimum atomic E-state index is -0.367. The van der Waals surface area contributed by atoms with Gasteiger partial charge in [-0.3, -0.25) is 4.79 Å². The van der Waals surface area contributed by atoms with Gasteiger partial charge in [-0.2, -0.15) is 0 Å². The lowest BCUT2D eigenvalue weighted by Gasteiger charge is -2.17. The highest BCUT2D eigenvalue weighted by atomic mass is 35.5. The number of hydrogen-bond acceptors (Lipinski definition) is 3. The topological polar surface area (TPSA) is 46.3 Å². The van der Waals surface area contributed by atoms with Crippen molar-refractivity contribution >= 4 is 17.5 Å². The number of halogens is 2. The summed E-state index contributed by atoms with van der Waals surface area (Å²) in [7, 11) is 1.75. The van der Waals surface area contributed by atoms with Gasteiger partial charge in [-0.25, -0.2) is 9.37 Å². The predicted molar refractivity (Wildman–Crippen MR) is 98.1 cm³/mol. The molecule has 0 aliphatic rings. The summed E-state index contributed by atoms with van der Waals surface area (Å²) in [5.74, 6) is 0.385. The lowest BCUT2D eigenvalue weighted by atomic mass is 10.2. The molecule has 0 bridgehead atoms. The van der Waals surface area contributed by atoms with Crippen LogP contribution in [-0.2, 0) is 17.8 Å². The zero-order valence-electron chi connectivity index (χ0n) is 14.3. The Morgan fingerprint density at radius 1 is 1.19 bits per heavy atom. The molecule has 3 aromatic rings. The fourth-order valence-electron chi connectivity index (χ4n) is 2.57. The maximum absolute atomic E-state index is 13.8. The molecule has 1 aromatic heterocycles. The van der Waals surface area contributed by atoms with Crippen LogP contribution >= 0.6 is 11.6 Å². The lowest BCUT2D eigenvalue weighted by Crippen LogP contribution is -2.26. The molecule has 0 N–H and O–H groups in total. The van der Waals surface area contributed by atoms with E-state index in [4.69, 9.17) is 16.0 Å². The molecule has 0 radical (unpaired) electrons. The van der Waals surface area contributed by atoms with Gasteiger partial charge >= 0.3 is 0 Å². The van der Waals surface area contributed by atoms with Gasteiger partial charge in [-0.05, 0) is 29.8 Å². The molecule has 26 heavy (non-hydrogen) atoms. The third-order valence-corrected chi connectivity index (χ3v) is 4.26. The fraction of sp³-hybridized carbons (Fsp3) is 0.200. The SMILES string of the molecule is CN(Cc1ccc(Cl)cc1)C(=O)CCc1ncc(-c2ccccc2F)o1. The second-order valence-electron chi connectivity index (χ2n) is 5.97. The average Bonchev–Trinajstić information content (AvgIpc) is 3.10. The largest absolute Gasteiger partial charge is 0.441 e. The molecule has 6 heteroatoms. The number of aryl methyl sites for hydroxylation is 1. The third kappa shape index (κ3) is 4.49. The molecule has 0 aliphatic carbocycles. The Kier molecular flexibility index (Phi) is 5.68. The van der Waals surface area contributed by atoms with E-state index in [2.05, 4.69) is 4.98 Å². The van der Waals surface area contributed by atoms with Crippen molar-refractivity contribution in [2.75, 3.05) is 7.05 Å². The van der Waals surface area contributed by atoms with E-state index < -0.39 is 0 Å². The summed E-state index contributed by atoms with van der Waals surface area (Å²) >= 11 is 5.86. The summed E-state index contributed by atoms with van der Waals surface area (Å²) < 4.78 is 19.4. The summed E-state index contributed by atoms with van der Waals surface area (Å²) in [5, 5.41) is 0.664. The molecule has 0 saturated carbocycles. The number of aromatic nitrogens is 1. The number of nitrogens with zero attached hydrogens (tertiary/aromatic N) is 2. The first kappa shape index (κ1) is 18.1. The molecule has 0 saturated heterocycles. The van der Waals surface area contributed by atoms with E-state index in [1.807, 2.05) is 12.1 Å². The van der Waals surface area contributed by atoms with E-state index in [-0.39, 0.29) is 18.1 Å². The Balaban J connectivity index is 1.56. The van der Waals surface area contributed by atoms with Crippen LogP contribution in [0.2, 0.25) is 5.02 Å². The van der Waals surface area contributed by atoms with Crippen molar-refractivity contribution < 1.29 is 13.6 Å². The predicted octanol–water partition coefficient (Wildman–Crippen LogP) is 4.73. The van der Waals surface area contributed by atoms with E-state index in [9.17, 15) is 9.18 Å². The number of hydrogen-bond donors (Lipinski definition) is 0. The van der Waals surface area contributed by atoms with Crippen molar-refractivity contribution in [3.63, 3.8) is 0 Å². The second kappa shape index (κ2) is 8.15. The van der Waals surface area contributed by atoms with Crippen LogP contribution in [0, 0.1) is 5.82 Å². The van der Waals surface area contributed by atoms with Crippen LogP contribution in [-0.4, -0.2) is 22.8 Å². The molecule has 134 valence electrons. The quantitative estimate of drug-likeness (QED) is 0.628. The fourth-order valence-corrected chi connectivity index (χ4v) is 2.69. The first-order valence-corrected chi connectivity index (χ1v) is 8.59. The van der Waals surface area contributed by atoms with Crippen molar-refractivity contribution in [1.29, 1.82) is 0 Å². The lowest BCUT2D eigenvalue weighted by molar-refractivity contribution is -0.130. The third-order valence-electron chi connectivity index (χ3n) is 4.00. The molecule has 0 unspecified atom stereocenters. The van der Waals surface area contributed by atoms with Crippen molar-refractivity contribution in [1.82, 2.24) is 9.88 Å². The second-order valence-corrected chi connectivity index (χ2v) is 6.41. The van der Waals surface area contributed by atoms with Crippen LogP contribution in [0.25, 0.3) is 11.3 Å². The van der Waals surface area contributed by atoms with E-state index in [0.717, 1.165) is 5.56 Å². The van der Waals surface area contributed by atoms with Gasteiger partial charge in [0, 0.05) is 31.5 Å². The number of benzene rings is 2. The van der Waals surface area contributed by atoms with Gasteiger partial charge in [-0.1, -0.05) is 35.9 Å². The molecular weight excluding hydrogens is 355 g/mol. The zero-order chi connectivity index (χ0) is 18.5. The summed E-state index contributed by atoms with van der Waals surface area (Å²) in [5.41, 5.74) is 1.36. The van der Waals surface area contributed by atoms with Gasteiger partial charge in [0.2, 0.25) is 5.91 Å². The van der Waals surface area contributed by atoms with Gasteiger partial charge in [0.05, 0.1) is 11.8 Å². The van der Waals surface area contributed by atoms with Gasteiger partial charge in [-0.15, -0.1) is 0 Å². The monoisotopic (exact) mass is 372 g/mol. The summed E-state index contributed by atoms with van der Waals surface area (Å²) in [6.07, 6.45) is 2.11. The van der Waals surface area contributed by atoms with E-state index >= 15 is 0 Å². The average molecular weight is 373 g/mol.